The largest absolute Gasteiger partial charge is 0.573 e. The summed E-state index contributed by atoms with van der Waals surface area (Å²) in [5, 5.41) is 9.06. The third-order valence-corrected chi connectivity index (χ3v) is 6.64. The maximum Gasteiger partial charge on any atom is 0.254 e. The molecule has 7 nitrogen and oxygen atoms in total. The molecule has 3 rings (SSSR count). The van der Waals surface area contributed by atoms with E-state index in [9.17, 15) is 13.2 Å². The van der Waals surface area contributed by atoms with Crippen LogP contribution in [0, 0.1) is 13.8 Å². The Labute approximate surface area is 172 Å². The van der Waals surface area contributed by atoms with Gasteiger partial charge in [-0.25, -0.2) is 8.42 Å². The van der Waals surface area contributed by atoms with Gasteiger partial charge in [0.15, 0.2) is 0 Å². The summed E-state index contributed by atoms with van der Waals surface area (Å²) in [5.74, 6) is -0.181. The van der Waals surface area contributed by atoms with Crippen molar-refractivity contribution in [1.29, 1.82) is 0 Å². The quantitative estimate of drug-likeness (QED) is 0.734. The van der Waals surface area contributed by atoms with Gasteiger partial charge in [0.1, 0.15) is 16.6 Å². The molecule has 29 heavy (non-hydrogen) atoms. The Balaban J connectivity index is 1.78. The van der Waals surface area contributed by atoms with Gasteiger partial charge < -0.3 is 19.6 Å². The van der Waals surface area contributed by atoms with Crippen molar-refractivity contribution < 1.29 is 23.2 Å². The molecule has 0 radical (unpaired) electrons. The molecule has 1 aliphatic heterocycles. The van der Waals surface area contributed by atoms with Crippen LogP contribution in [0.5, 0.6) is 0 Å². The standard InChI is InChI=1S/C21H26N3O4S/c1-16-3-7-19(8-4-16)22-29(27,28)20-15-18(6-5-17(20)2)21(26)24-11-9-23(10-12-24)13-14-25/h3-8,15,25H,9-14H2,1-2H3/q-1/p+1. The van der Waals surface area contributed by atoms with E-state index in [4.69, 9.17) is 5.11 Å². The number of aliphatic hydroxyl groups is 1. The lowest BCUT2D eigenvalue weighted by molar-refractivity contribution is -0.904. The van der Waals surface area contributed by atoms with Crippen LogP contribution in [0.4, 0.5) is 5.69 Å². The van der Waals surface area contributed by atoms with E-state index in [1.54, 1.807) is 48.2 Å². The molecule has 2 aromatic rings. The second-order valence-corrected chi connectivity index (χ2v) is 8.97. The van der Waals surface area contributed by atoms with Gasteiger partial charge in [-0.15, -0.1) is 5.69 Å². The molecule has 0 bridgehead atoms. The minimum atomic E-state index is -3.94. The van der Waals surface area contributed by atoms with Crippen LogP contribution in [-0.2, 0) is 10.0 Å². The summed E-state index contributed by atoms with van der Waals surface area (Å²) in [5.41, 5.74) is 2.27. The van der Waals surface area contributed by atoms with Crippen LogP contribution in [0.15, 0.2) is 47.4 Å². The van der Waals surface area contributed by atoms with Gasteiger partial charge in [-0.05, 0) is 31.5 Å². The molecule has 0 aromatic heterocycles. The van der Waals surface area contributed by atoms with Crippen LogP contribution in [0.3, 0.4) is 0 Å². The van der Waals surface area contributed by atoms with Crippen LogP contribution < -0.4 is 4.90 Å². The number of hydrogen-bond donors (Lipinski definition) is 2. The lowest BCUT2D eigenvalue weighted by Crippen LogP contribution is -3.15. The first-order valence-corrected chi connectivity index (χ1v) is 11.1. The molecule has 1 saturated heterocycles. The normalized spacial score (nSPS) is 15.3. The number of carbonyl (C=O) groups excluding carboxylic acids is 1. The summed E-state index contributed by atoms with van der Waals surface area (Å²) in [7, 11) is -3.94. The summed E-state index contributed by atoms with van der Waals surface area (Å²) in [6.45, 7) is 7.13. The van der Waals surface area contributed by atoms with E-state index < -0.39 is 10.0 Å². The number of aryl methyl sites for hydroxylation is 2. The first kappa shape index (κ1) is 21.3. The first-order chi connectivity index (χ1) is 13.8. The second kappa shape index (κ2) is 8.94. The van der Waals surface area contributed by atoms with E-state index in [0.717, 1.165) is 18.7 Å². The molecule has 1 aliphatic rings. The van der Waals surface area contributed by atoms with Crippen molar-refractivity contribution in [2.75, 3.05) is 39.3 Å². The predicted octanol–water partition coefficient (Wildman–Crippen LogP) is 1.03. The van der Waals surface area contributed by atoms with Gasteiger partial charge >= 0.3 is 0 Å². The molecule has 0 atom stereocenters. The Hall–Kier alpha value is -2.42. The van der Waals surface area contributed by atoms with Crippen LogP contribution in [0.1, 0.15) is 21.5 Å². The van der Waals surface area contributed by atoms with Crippen LogP contribution in [-0.4, -0.2) is 63.7 Å². The van der Waals surface area contributed by atoms with Gasteiger partial charge in [0.2, 0.25) is 0 Å². The second-order valence-electron chi connectivity index (χ2n) is 7.40. The number of nitrogens with zero attached hydrogens (tertiary/aromatic N) is 2. The smallest absolute Gasteiger partial charge is 0.254 e. The lowest BCUT2D eigenvalue weighted by atomic mass is 10.1. The number of nitrogens with one attached hydrogen (secondary N) is 1. The monoisotopic (exact) mass is 417 g/mol. The van der Waals surface area contributed by atoms with E-state index in [1.807, 2.05) is 6.92 Å². The number of quaternary nitrogens is 1. The highest BCUT2D eigenvalue weighted by Crippen LogP contribution is 2.30. The third-order valence-electron chi connectivity index (χ3n) is 5.20. The third kappa shape index (κ3) is 5.14. The molecular weight excluding hydrogens is 390 g/mol. The highest BCUT2D eigenvalue weighted by atomic mass is 32.2. The maximum atomic E-state index is 12.9. The van der Waals surface area contributed by atoms with Crippen LogP contribution >= 0.6 is 0 Å². The SMILES string of the molecule is Cc1ccc([N-]S(=O)(=O)c2cc(C(=O)N3CC[NH+](CCO)CC3)ccc2C)cc1. The number of aliphatic hydroxyl groups excluding tert-OH is 1. The van der Waals surface area contributed by atoms with E-state index in [2.05, 4.69) is 4.72 Å². The topological polar surface area (TPSA) is 93.2 Å². The average molecular weight is 418 g/mol. The summed E-state index contributed by atoms with van der Waals surface area (Å²) in [4.78, 5) is 15.9. The van der Waals surface area contributed by atoms with Gasteiger partial charge in [0.25, 0.3) is 5.91 Å². The lowest BCUT2D eigenvalue weighted by Gasteiger charge is -2.32. The molecule has 1 fully saturated rings. The highest BCUT2D eigenvalue weighted by molar-refractivity contribution is 7.94. The van der Waals surface area contributed by atoms with Crippen molar-refractivity contribution in [3.8, 4) is 0 Å². The van der Waals surface area contributed by atoms with Crippen molar-refractivity contribution in [3.63, 3.8) is 0 Å². The Bertz CT molecular complexity index is 966. The molecule has 0 unspecified atom stereocenters. The molecule has 2 N–H and O–H groups in total. The van der Waals surface area contributed by atoms with Crippen molar-refractivity contribution >= 4 is 21.6 Å². The van der Waals surface area contributed by atoms with Gasteiger partial charge in [-0.3, -0.25) is 4.79 Å². The fraction of sp³-hybridized carbons (Fsp3) is 0.381. The van der Waals surface area contributed by atoms with E-state index >= 15 is 0 Å². The molecule has 0 spiro atoms. The molecule has 156 valence electrons. The van der Waals surface area contributed by atoms with Gasteiger partial charge in [0.05, 0.1) is 37.7 Å². The number of sulfonamides is 1. The summed E-state index contributed by atoms with van der Waals surface area (Å²) < 4.78 is 29.6. The highest BCUT2D eigenvalue weighted by Gasteiger charge is 2.25. The fourth-order valence-corrected chi connectivity index (χ4v) is 4.67. The Morgan fingerprint density at radius 2 is 1.76 bits per heavy atom. The predicted molar refractivity (Wildman–Crippen MR) is 111 cm³/mol. The summed E-state index contributed by atoms with van der Waals surface area (Å²) >= 11 is 0. The number of hydrogen-bond acceptors (Lipinski definition) is 4. The molecule has 1 heterocycles. The molecule has 1 amide bonds. The number of rotatable bonds is 6. The Morgan fingerprint density at radius 3 is 2.38 bits per heavy atom. The molecule has 0 saturated carbocycles. The minimum Gasteiger partial charge on any atom is -0.573 e. The number of carbonyl (C=O) groups is 1. The Morgan fingerprint density at radius 1 is 1.10 bits per heavy atom. The van der Waals surface area contributed by atoms with Gasteiger partial charge in [-0.2, -0.15) is 0 Å². The van der Waals surface area contributed by atoms with Crippen molar-refractivity contribution in [3.05, 3.63) is 63.9 Å². The zero-order valence-electron chi connectivity index (χ0n) is 16.8. The van der Waals surface area contributed by atoms with Crippen molar-refractivity contribution in [2.24, 2.45) is 0 Å². The van der Waals surface area contributed by atoms with E-state index in [0.29, 0.717) is 36.4 Å². The zero-order valence-corrected chi connectivity index (χ0v) is 17.6. The van der Waals surface area contributed by atoms with E-state index in [1.165, 1.54) is 11.0 Å². The zero-order chi connectivity index (χ0) is 21.0. The number of amides is 1. The van der Waals surface area contributed by atoms with Crippen molar-refractivity contribution in [2.45, 2.75) is 18.7 Å². The summed E-state index contributed by atoms with van der Waals surface area (Å²) in [6, 6.07) is 11.7. The Kier molecular flexibility index (Phi) is 6.56. The van der Waals surface area contributed by atoms with Crippen molar-refractivity contribution in [1.82, 2.24) is 4.90 Å². The minimum absolute atomic E-state index is 0.0495. The molecule has 0 aliphatic carbocycles. The average Bonchev–Trinajstić information content (AvgIpc) is 2.70. The number of piperazine rings is 1. The molecule has 2 aromatic carbocycles. The van der Waals surface area contributed by atoms with E-state index in [-0.39, 0.29) is 17.4 Å². The van der Waals surface area contributed by atoms with Gasteiger partial charge in [-0.1, -0.05) is 35.9 Å². The number of benzene rings is 2. The van der Waals surface area contributed by atoms with Crippen LogP contribution in [0.25, 0.3) is 4.72 Å². The fourth-order valence-electron chi connectivity index (χ4n) is 3.42. The maximum absolute atomic E-state index is 12.9. The molecule has 8 heteroatoms. The first-order valence-electron chi connectivity index (χ1n) is 9.69. The van der Waals surface area contributed by atoms with Gasteiger partial charge in [0, 0.05) is 5.56 Å². The molecular formula is C21H27N3O4S. The van der Waals surface area contributed by atoms with Crippen LogP contribution in [0.2, 0.25) is 0 Å². The summed E-state index contributed by atoms with van der Waals surface area (Å²) in [6.07, 6.45) is 0.